The van der Waals surface area contributed by atoms with Gasteiger partial charge in [0.05, 0.1) is 5.37 Å². The predicted molar refractivity (Wildman–Crippen MR) is 119 cm³/mol. The van der Waals surface area contributed by atoms with Gasteiger partial charge in [-0.15, -0.1) is 16.9 Å². The number of thioether (sulfide) groups is 2. The molecule has 0 fully saturated rings. The lowest BCUT2D eigenvalue weighted by molar-refractivity contribution is -0.149. The number of tetrazole rings is 1. The van der Waals surface area contributed by atoms with E-state index >= 15 is 0 Å². The fraction of sp³-hybridized carbons (Fsp3) is 0.316. The van der Waals surface area contributed by atoms with Crippen molar-refractivity contribution in [1.29, 1.82) is 0 Å². The molecule has 1 amide bonds. The van der Waals surface area contributed by atoms with Gasteiger partial charge >= 0.3 is 11.9 Å². The van der Waals surface area contributed by atoms with Crippen LogP contribution in [-0.4, -0.2) is 77.9 Å². The van der Waals surface area contributed by atoms with Gasteiger partial charge in [0.15, 0.2) is 6.04 Å². The van der Waals surface area contributed by atoms with Crippen LogP contribution in [-0.2, 0) is 31.0 Å². The maximum absolute atomic E-state index is 12.8. The normalized spacial score (nSPS) is 19.4. The first-order chi connectivity index (χ1) is 16.3. The molecular formula is C19H20N6O7S2. The van der Waals surface area contributed by atoms with Crippen molar-refractivity contribution >= 4 is 47.8 Å². The molecule has 34 heavy (non-hydrogen) atoms. The van der Waals surface area contributed by atoms with Crippen LogP contribution in [0.25, 0.3) is 0 Å². The number of carboxylic acids is 2. The smallest absolute Gasteiger partial charge is 0.328 e. The van der Waals surface area contributed by atoms with Crippen molar-refractivity contribution in [2.45, 2.75) is 28.7 Å². The average Bonchev–Trinajstić information content (AvgIpc) is 3.24. The Labute approximate surface area is 201 Å². The monoisotopic (exact) mass is 508 g/mol. The number of carbonyl (C=O) groups excluding carboxylic acids is 2. The van der Waals surface area contributed by atoms with Crippen molar-refractivity contribution in [1.82, 2.24) is 30.8 Å². The predicted octanol–water partition coefficient (Wildman–Crippen LogP) is -0.214. The largest absolute Gasteiger partial charge is 0.480 e. The number of rotatable bonds is 11. The lowest BCUT2D eigenvalue weighted by Gasteiger charge is -2.32. The second-order valence-electron chi connectivity index (χ2n) is 6.91. The van der Waals surface area contributed by atoms with Crippen LogP contribution in [0.2, 0.25) is 0 Å². The topological polar surface area (TPSA) is 186 Å². The number of aliphatic carboxylic acids is 2. The summed E-state index contributed by atoms with van der Waals surface area (Å²) in [6, 6.07) is 5.36. The number of nitrogens with zero attached hydrogens (tertiary/aromatic N) is 4. The quantitative estimate of drug-likeness (QED) is 0.231. The summed E-state index contributed by atoms with van der Waals surface area (Å²) in [7, 11) is 1.65. The van der Waals surface area contributed by atoms with E-state index in [9.17, 15) is 29.4 Å². The van der Waals surface area contributed by atoms with Gasteiger partial charge < -0.3 is 20.3 Å². The number of aromatic nitrogens is 4. The van der Waals surface area contributed by atoms with E-state index < -0.39 is 41.4 Å². The highest BCUT2D eigenvalue weighted by Gasteiger charge is 2.39. The first kappa shape index (κ1) is 25.2. The van der Waals surface area contributed by atoms with Gasteiger partial charge in [0.1, 0.15) is 6.04 Å². The Kier molecular flexibility index (Phi) is 8.61. The van der Waals surface area contributed by atoms with E-state index in [1.165, 1.54) is 16.4 Å². The zero-order valence-corrected chi connectivity index (χ0v) is 19.2. The van der Waals surface area contributed by atoms with Crippen LogP contribution < -0.4 is 10.6 Å². The summed E-state index contributed by atoms with van der Waals surface area (Å²) >= 11 is 2.24. The number of carboxylic acid groups (broad SMARTS) is 2. The fourth-order valence-electron chi connectivity index (χ4n) is 3.02. The number of carbonyl (C=O) groups is 4. The van der Waals surface area contributed by atoms with Crippen LogP contribution in [0.15, 0.2) is 46.5 Å². The zero-order valence-electron chi connectivity index (χ0n) is 17.6. The van der Waals surface area contributed by atoms with Crippen LogP contribution in [0.1, 0.15) is 11.7 Å². The molecule has 2 heterocycles. The molecule has 1 aromatic heterocycles. The average molecular weight is 509 g/mol. The van der Waals surface area contributed by atoms with Crippen LogP contribution in [0, 0.1) is 0 Å². The van der Waals surface area contributed by atoms with Gasteiger partial charge in [-0.3, -0.25) is 19.7 Å². The van der Waals surface area contributed by atoms with Crippen molar-refractivity contribution < 1.29 is 34.1 Å². The highest BCUT2D eigenvalue weighted by Crippen LogP contribution is 2.29. The van der Waals surface area contributed by atoms with Crippen molar-refractivity contribution in [2.24, 2.45) is 7.05 Å². The van der Waals surface area contributed by atoms with Crippen molar-refractivity contribution in [2.75, 3.05) is 5.75 Å². The highest BCUT2D eigenvalue weighted by molar-refractivity contribution is 8.03. The molecule has 15 heteroatoms. The minimum atomic E-state index is -1.52. The first-order valence-electron chi connectivity index (χ1n) is 9.67. The number of hydrogen-bond donors (Lipinski definition) is 4. The van der Waals surface area contributed by atoms with E-state index in [0.717, 1.165) is 11.8 Å². The maximum atomic E-state index is 12.8. The molecule has 2 aromatic rings. The van der Waals surface area contributed by atoms with E-state index in [4.69, 9.17) is 4.74 Å². The van der Waals surface area contributed by atoms with Gasteiger partial charge in [-0.25, -0.2) is 9.48 Å². The molecule has 0 aliphatic carbocycles. The molecule has 3 rings (SSSR count). The van der Waals surface area contributed by atoms with E-state index in [0.29, 0.717) is 16.3 Å². The molecule has 0 bridgehead atoms. The summed E-state index contributed by atoms with van der Waals surface area (Å²) in [5, 5.41) is 36.6. The Morgan fingerprint density at radius 3 is 2.65 bits per heavy atom. The van der Waals surface area contributed by atoms with Gasteiger partial charge in [-0.2, -0.15) is 0 Å². The molecule has 13 nitrogen and oxygen atoms in total. The molecule has 3 unspecified atom stereocenters. The summed E-state index contributed by atoms with van der Waals surface area (Å²) in [6.07, 6.45) is -1.37. The molecule has 0 saturated carbocycles. The number of ether oxygens (including phenoxy) is 1. The summed E-state index contributed by atoms with van der Waals surface area (Å²) in [6.45, 7) is 0.0976. The molecule has 1 aliphatic heterocycles. The number of nitrogens with one attached hydrogen (secondary N) is 2. The second kappa shape index (κ2) is 11.6. The lowest BCUT2D eigenvalue weighted by atomic mass is 10.1. The van der Waals surface area contributed by atoms with Crippen LogP contribution in [0.3, 0.4) is 0 Å². The number of benzene rings is 1. The number of amides is 1. The molecule has 1 aliphatic rings. The molecule has 4 N–H and O–H groups in total. The Hall–Kier alpha value is -3.43. The zero-order chi connectivity index (χ0) is 24.7. The maximum Gasteiger partial charge on any atom is 0.328 e. The minimum Gasteiger partial charge on any atom is -0.480 e. The molecule has 4 atom stereocenters. The summed E-state index contributed by atoms with van der Waals surface area (Å²) in [5.74, 6) is -3.22. The first-order valence-corrected chi connectivity index (χ1v) is 11.6. The Bertz CT molecular complexity index is 1080. The van der Waals surface area contributed by atoms with Gasteiger partial charge in [0.2, 0.25) is 11.3 Å². The molecule has 0 saturated heterocycles. The Morgan fingerprint density at radius 1 is 1.32 bits per heavy atom. The van der Waals surface area contributed by atoms with E-state index in [1.807, 2.05) is 0 Å². The summed E-state index contributed by atoms with van der Waals surface area (Å²) < 4.78 is 6.31. The van der Waals surface area contributed by atoms with E-state index in [1.54, 1.807) is 42.8 Å². The lowest BCUT2D eigenvalue weighted by Crippen LogP contribution is -2.58. The van der Waals surface area contributed by atoms with Crippen LogP contribution >= 0.6 is 23.5 Å². The van der Waals surface area contributed by atoms with Gasteiger partial charge in [-0.05, 0) is 21.4 Å². The molecule has 1 aromatic carbocycles. The standard InChI is InChI=1S/C19H20N6O7S2/c1-25-19(22-23-24-25)34-8-11-7-33-16(21-12(11)17(28)29)13(18(30)31)20-15(27)14(32-9-26)10-5-3-2-4-6-10/h2-7,9,12-14,16,21H,8H2,1H3,(H,20,27)(H,28,29)(H,30,31)/t12?,13?,14-,16?/m1/s1. The third kappa shape index (κ3) is 6.12. The SMILES string of the molecule is Cn1nnnc1SCC1=CSC(C(NC(=O)[C@H](OC=O)c2ccccc2)C(=O)O)NC1C(=O)O. The van der Waals surface area contributed by atoms with Gasteiger partial charge in [0, 0.05) is 18.4 Å². The molecule has 180 valence electrons. The van der Waals surface area contributed by atoms with Crippen LogP contribution in [0.4, 0.5) is 0 Å². The molecular weight excluding hydrogens is 488 g/mol. The van der Waals surface area contributed by atoms with Crippen molar-refractivity contribution in [3.8, 4) is 0 Å². The number of aryl methyl sites for hydroxylation is 1. The van der Waals surface area contributed by atoms with Crippen molar-refractivity contribution in [3.63, 3.8) is 0 Å². The Balaban J connectivity index is 1.74. The Morgan fingerprint density at radius 2 is 2.06 bits per heavy atom. The van der Waals surface area contributed by atoms with E-state index in [-0.39, 0.29) is 12.2 Å². The third-order valence-corrected chi connectivity index (χ3v) is 6.88. The molecule has 0 radical (unpaired) electrons. The summed E-state index contributed by atoms with van der Waals surface area (Å²) in [4.78, 5) is 47.5. The fourth-order valence-corrected chi connectivity index (χ4v) is 5.09. The molecule has 0 spiro atoms. The summed E-state index contributed by atoms with van der Waals surface area (Å²) in [5.41, 5.74) is 0.824. The van der Waals surface area contributed by atoms with Gasteiger partial charge in [-0.1, -0.05) is 42.1 Å². The minimum absolute atomic E-state index is 0.0976. The van der Waals surface area contributed by atoms with Crippen molar-refractivity contribution in [3.05, 3.63) is 46.9 Å². The van der Waals surface area contributed by atoms with E-state index in [2.05, 4.69) is 26.2 Å². The van der Waals surface area contributed by atoms with Gasteiger partial charge in [0.25, 0.3) is 12.4 Å². The highest BCUT2D eigenvalue weighted by atomic mass is 32.2. The second-order valence-corrected chi connectivity index (χ2v) is 8.87. The third-order valence-electron chi connectivity index (χ3n) is 4.66. The number of hydrogen-bond acceptors (Lipinski definition) is 11. The van der Waals surface area contributed by atoms with Crippen LogP contribution in [0.5, 0.6) is 0 Å².